The van der Waals surface area contributed by atoms with Gasteiger partial charge in [0.2, 0.25) is 0 Å². The minimum absolute atomic E-state index is 0.0149. The zero-order chi connectivity index (χ0) is 23.9. The molecule has 1 aromatic heterocycles. The molecule has 0 saturated carbocycles. The first-order valence-electron chi connectivity index (χ1n) is 11.3. The largest absolute Gasteiger partial charge is 0.362 e. The van der Waals surface area contributed by atoms with Crippen LogP contribution >= 0.6 is 0 Å². The van der Waals surface area contributed by atoms with Crippen LogP contribution < -0.4 is 10.2 Å². The van der Waals surface area contributed by atoms with E-state index in [2.05, 4.69) is 15.2 Å². The maximum atomic E-state index is 13.9. The number of rotatable bonds is 3. The number of amides is 2. The first-order valence-corrected chi connectivity index (χ1v) is 11.3. The number of anilines is 2. The molecular weight excluding hydrogens is 441 g/mol. The lowest BCUT2D eigenvalue weighted by molar-refractivity contribution is 0.0441. The van der Waals surface area contributed by atoms with E-state index >= 15 is 0 Å². The maximum absolute atomic E-state index is 13.9. The molecule has 1 unspecified atom stereocenters. The van der Waals surface area contributed by atoms with Crippen LogP contribution in [0.25, 0.3) is 0 Å². The summed E-state index contributed by atoms with van der Waals surface area (Å²) in [6.45, 7) is 3.57. The quantitative estimate of drug-likeness (QED) is 0.540. The molecule has 1 N–H and O–H groups in total. The first kappa shape index (κ1) is 22.3. The number of urea groups is 1. The van der Waals surface area contributed by atoms with Crippen molar-refractivity contribution in [2.75, 3.05) is 29.9 Å². The standard InChI is InChI=1S/C26H25F3N4O/c1-17-12-21(5-6-22(17)29)33-16-26(24(33)23-4-2-3-9-30-23)7-10-32(11-8-26)25(34)31-20-14-18(27)13-19(28)15-20/h2-6,9,12-15,24H,7-8,10-11,16H2,1H3,(H,31,34). The number of hydrogen-bond acceptors (Lipinski definition) is 3. The highest BCUT2D eigenvalue weighted by Crippen LogP contribution is 2.56. The summed E-state index contributed by atoms with van der Waals surface area (Å²) in [5.41, 5.74) is 2.52. The van der Waals surface area contributed by atoms with Crippen LogP contribution in [0.5, 0.6) is 0 Å². The predicted molar refractivity (Wildman–Crippen MR) is 124 cm³/mol. The highest BCUT2D eigenvalue weighted by Gasteiger charge is 2.55. The lowest BCUT2D eigenvalue weighted by Gasteiger charge is -2.61. The molecule has 2 saturated heterocycles. The van der Waals surface area contributed by atoms with Crippen molar-refractivity contribution in [2.45, 2.75) is 25.8 Å². The van der Waals surface area contributed by atoms with E-state index in [0.29, 0.717) is 18.7 Å². The van der Waals surface area contributed by atoms with E-state index in [1.54, 1.807) is 24.1 Å². The van der Waals surface area contributed by atoms with E-state index < -0.39 is 11.6 Å². The van der Waals surface area contributed by atoms with E-state index in [1.165, 1.54) is 6.07 Å². The minimum atomic E-state index is -0.739. The van der Waals surface area contributed by atoms with Gasteiger partial charge in [-0.05, 0) is 67.8 Å². The fourth-order valence-corrected chi connectivity index (χ4v) is 5.21. The van der Waals surface area contributed by atoms with Gasteiger partial charge in [0.25, 0.3) is 0 Å². The molecular formula is C26H25F3N4O. The Labute approximate surface area is 196 Å². The van der Waals surface area contributed by atoms with Crippen molar-refractivity contribution in [1.82, 2.24) is 9.88 Å². The van der Waals surface area contributed by atoms with Gasteiger partial charge in [0, 0.05) is 48.7 Å². The molecule has 3 heterocycles. The van der Waals surface area contributed by atoms with Crippen molar-refractivity contribution in [2.24, 2.45) is 5.41 Å². The molecule has 1 atom stereocenters. The number of nitrogens with zero attached hydrogens (tertiary/aromatic N) is 3. The maximum Gasteiger partial charge on any atom is 0.321 e. The van der Waals surface area contributed by atoms with Gasteiger partial charge in [0.1, 0.15) is 17.5 Å². The Morgan fingerprint density at radius 1 is 1.03 bits per heavy atom. The lowest BCUT2D eigenvalue weighted by atomic mass is 9.64. The van der Waals surface area contributed by atoms with Crippen LogP contribution in [0, 0.1) is 29.8 Å². The second-order valence-electron chi connectivity index (χ2n) is 9.16. The zero-order valence-electron chi connectivity index (χ0n) is 18.8. The summed E-state index contributed by atoms with van der Waals surface area (Å²) in [5.74, 6) is -1.71. The van der Waals surface area contributed by atoms with Crippen molar-refractivity contribution in [3.8, 4) is 0 Å². The van der Waals surface area contributed by atoms with Gasteiger partial charge < -0.3 is 15.1 Å². The van der Waals surface area contributed by atoms with Crippen LogP contribution in [0.15, 0.2) is 60.8 Å². The molecule has 0 bridgehead atoms. The normalized spacial score (nSPS) is 19.1. The summed E-state index contributed by atoms with van der Waals surface area (Å²) in [4.78, 5) is 21.3. The number of nitrogens with one attached hydrogen (secondary N) is 1. The van der Waals surface area contributed by atoms with Gasteiger partial charge in [-0.25, -0.2) is 18.0 Å². The second kappa shape index (κ2) is 8.66. The molecule has 5 nitrogen and oxygen atoms in total. The van der Waals surface area contributed by atoms with Gasteiger partial charge in [-0.1, -0.05) is 6.07 Å². The molecule has 34 heavy (non-hydrogen) atoms. The Balaban J connectivity index is 1.32. The fourth-order valence-electron chi connectivity index (χ4n) is 5.21. The van der Waals surface area contributed by atoms with Crippen molar-refractivity contribution >= 4 is 17.4 Å². The van der Waals surface area contributed by atoms with Crippen LogP contribution in [0.3, 0.4) is 0 Å². The number of pyridine rings is 1. The lowest BCUT2D eigenvalue weighted by Crippen LogP contribution is -2.63. The SMILES string of the molecule is Cc1cc(N2CC3(CCN(C(=O)Nc4cc(F)cc(F)c4)CC3)C2c2ccccn2)ccc1F. The zero-order valence-corrected chi connectivity index (χ0v) is 18.8. The van der Waals surface area contributed by atoms with Crippen molar-refractivity contribution in [3.63, 3.8) is 0 Å². The molecule has 2 aromatic carbocycles. The Morgan fingerprint density at radius 3 is 2.41 bits per heavy atom. The van der Waals surface area contributed by atoms with Crippen molar-refractivity contribution in [1.29, 1.82) is 0 Å². The third-order valence-electron chi connectivity index (χ3n) is 6.98. The molecule has 0 radical (unpaired) electrons. The molecule has 2 aliphatic rings. The number of piperidine rings is 1. The van der Waals surface area contributed by atoms with Crippen LogP contribution in [0.1, 0.15) is 30.1 Å². The third kappa shape index (κ3) is 4.08. The molecule has 2 amide bonds. The fraction of sp³-hybridized carbons (Fsp3) is 0.308. The third-order valence-corrected chi connectivity index (χ3v) is 6.98. The van der Waals surface area contributed by atoms with E-state index in [-0.39, 0.29) is 29.0 Å². The summed E-state index contributed by atoms with van der Waals surface area (Å²) in [7, 11) is 0. The molecule has 176 valence electrons. The molecule has 2 fully saturated rings. The number of aromatic nitrogens is 1. The minimum Gasteiger partial charge on any atom is -0.362 e. The topological polar surface area (TPSA) is 48.5 Å². The van der Waals surface area contributed by atoms with Gasteiger partial charge in [0.15, 0.2) is 0 Å². The van der Waals surface area contributed by atoms with Crippen LogP contribution in [0.4, 0.5) is 29.3 Å². The predicted octanol–water partition coefficient (Wildman–Crippen LogP) is 5.68. The monoisotopic (exact) mass is 466 g/mol. The van der Waals surface area contributed by atoms with Gasteiger partial charge in [-0.3, -0.25) is 4.98 Å². The van der Waals surface area contributed by atoms with Gasteiger partial charge in [0.05, 0.1) is 11.7 Å². The summed E-state index contributed by atoms with van der Waals surface area (Å²) in [6, 6.07) is 13.6. The number of carbonyl (C=O) groups excluding carboxylic acids is 1. The molecule has 2 aliphatic heterocycles. The Bertz CT molecular complexity index is 1190. The Hall–Kier alpha value is -3.55. The molecule has 1 spiro atoms. The highest BCUT2D eigenvalue weighted by atomic mass is 19.1. The summed E-state index contributed by atoms with van der Waals surface area (Å²) < 4.78 is 40.8. The molecule has 8 heteroatoms. The summed E-state index contributed by atoms with van der Waals surface area (Å²) in [5, 5.41) is 2.59. The van der Waals surface area contributed by atoms with Crippen LogP contribution in [-0.2, 0) is 0 Å². The van der Waals surface area contributed by atoms with Gasteiger partial charge >= 0.3 is 6.03 Å². The average Bonchev–Trinajstić information content (AvgIpc) is 2.80. The number of aryl methyl sites for hydroxylation is 1. The summed E-state index contributed by atoms with van der Waals surface area (Å²) >= 11 is 0. The summed E-state index contributed by atoms with van der Waals surface area (Å²) in [6.07, 6.45) is 3.29. The number of hydrogen-bond donors (Lipinski definition) is 1. The molecule has 0 aliphatic carbocycles. The number of carbonyl (C=O) groups is 1. The van der Waals surface area contributed by atoms with Gasteiger partial charge in [-0.2, -0.15) is 0 Å². The van der Waals surface area contributed by atoms with Crippen LogP contribution in [0.2, 0.25) is 0 Å². The number of halogens is 3. The van der Waals surface area contributed by atoms with E-state index in [0.717, 1.165) is 49.0 Å². The van der Waals surface area contributed by atoms with Crippen LogP contribution in [-0.4, -0.2) is 35.5 Å². The van der Waals surface area contributed by atoms with Crippen molar-refractivity contribution in [3.05, 3.63) is 89.5 Å². The van der Waals surface area contributed by atoms with E-state index in [1.807, 2.05) is 24.3 Å². The average molecular weight is 467 g/mol. The first-order chi connectivity index (χ1) is 16.3. The number of benzene rings is 2. The van der Waals surface area contributed by atoms with Gasteiger partial charge in [-0.15, -0.1) is 0 Å². The van der Waals surface area contributed by atoms with E-state index in [9.17, 15) is 18.0 Å². The Morgan fingerprint density at radius 2 is 1.76 bits per heavy atom. The van der Waals surface area contributed by atoms with Crippen molar-refractivity contribution < 1.29 is 18.0 Å². The van der Waals surface area contributed by atoms with E-state index in [4.69, 9.17) is 0 Å². The Kier molecular flexibility index (Phi) is 5.67. The highest BCUT2D eigenvalue weighted by molar-refractivity contribution is 5.89. The number of likely N-dealkylation sites (tertiary alicyclic amines) is 1. The molecule has 5 rings (SSSR count). The smallest absolute Gasteiger partial charge is 0.321 e. The second-order valence-corrected chi connectivity index (χ2v) is 9.16. The molecule has 3 aromatic rings.